The van der Waals surface area contributed by atoms with E-state index in [-0.39, 0.29) is 24.4 Å². The lowest BCUT2D eigenvalue weighted by molar-refractivity contribution is -0.123. The van der Waals surface area contributed by atoms with Crippen LogP contribution in [0.25, 0.3) is 0 Å². The highest BCUT2D eigenvalue weighted by Gasteiger charge is 2.13. The van der Waals surface area contributed by atoms with Crippen LogP contribution in [0.3, 0.4) is 0 Å². The van der Waals surface area contributed by atoms with Gasteiger partial charge in [0.15, 0.2) is 0 Å². The van der Waals surface area contributed by atoms with Crippen molar-refractivity contribution in [2.75, 3.05) is 19.6 Å². The summed E-state index contributed by atoms with van der Waals surface area (Å²) in [6.07, 6.45) is 0. The summed E-state index contributed by atoms with van der Waals surface area (Å²) in [4.78, 5) is 22.6. The SMILES string of the molecule is CCNC(=O)CNC(C)C(=O)NCC(C)C. The minimum absolute atomic E-state index is 0.0713. The molecule has 0 aliphatic carbocycles. The van der Waals surface area contributed by atoms with Crippen molar-refractivity contribution in [3.8, 4) is 0 Å². The highest BCUT2D eigenvalue weighted by atomic mass is 16.2. The highest BCUT2D eigenvalue weighted by Crippen LogP contribution is 1.88. The first-order valence-electron chi connectivity index (χ1n) is 5.75. The third-order valence-electron chi connectivity index (χ3n) is 2.02. The van der Waals surface area contributed by atoms with Gasteiger partial charge in [-0.15, -0.1) is 0 Å². The van der Waals surface area contributed by atoms with Crippen LogP contribution in [0.15, 0.2) is 0 Å². The molecule has 0 saturated heterocycles. The van der Waals surface area contributed by atoms with Gasteiger partial charge in [0, 0.05) is 13.1 Å². The number of nitrogens with one attached hydrogen (secondary N) is 3. The Balaban J connectivity index is 3.74. The molecule has 3 N–H and O–H groups in total. The van der Waals surface area contributed by atoms with E-state index in [1.807, 2.05) is 20.8 Å². The number of carbonyl (C=O) groups is 2. The fourth-order valence-corrected chi connectivity index (χ4v) is 1.06. The number of hydrogen-bond donors (Lipinski definition) is 3. The molecule has 0 radical (unpaired) electrons. The van der Waals surface area contributed by atoms with E-state index in [4.69, 9.17) is 0 Å². The summed E-state index contributed by atoms with van der Waals surface area (Å²) in [5.41, 5.74) is 0. The molecule has 0 spiro atoms. The molecule has 0 saturated carbocycles. The van der Waals surface area contributed by atoms with Crippen molar-refractivity contribution >= 4 is 11.8 Å². The van der Waals surface area contributed by atoms with Crippen LogP contribution < -0.4 is 16.0 Å². The molecule has 16 heavy (non-hydrogen) atoms. The lowest BCUT2D eigenvalue weighted by Gasteiger charge is -2.14. The Bertz CT molecular complexity index is 229. The Morgan fingerprint density at radius 1 is 1.12 bits per heavy atom. The Morgan fingerprint density at radius 2 is 1.75 bits per heavy atom. The zero-order valence-corrected chi connectivity index (χ0v) is 10.6. The molecule has 0 rings (SSSR count). The van der Waals surface area contributed by atoms with E-state index in [0.717, 1.165) is 0 Å². The van der Waals surface area contributed by atoms with E-state index in [9.17, 15) is 9.59 Å². The fraction of sp³-hybridized carbons (Fsp3) is 0.818. The molecular formula is C11H23N3O2. The summed E-state index contributed by atoms with van der Waals surface area (Å²) in [5, 5.41) is 8.33. The van der Waals surface area contributed by atoms with Crippen LogP contribution in [0, 0.1) is 5.92 Å². The lowest BCUT2D eigenvalue weighted by Crippen LogP contribution is -2.46. The van der Waals surface area contributed by atoms with Gasteiger partial charge in [0.25, 0.3) is 0 Å². The van der Waals surface area contributed by atoms with Gasteiger partial charge in [-0.2, -0.15) is 0 Å². The second kappa shape index (κ2) is 8.10. The third kappa shape index (κ3) is 7.23. The number of carbonyl (C=O) groups excluding carboxylic acids is 2. The molecule has 0 fully saturated rings. The van der Waals surface area contributed by atoms with Crippen LogP contribution >= 0.6 is 0 Å². The maximum Gasteiger partial charge on any atom is 0.236 e. The molecule has 0 aromatic carbocycles. The average Bonchev–Trinajstić information content (AvgIpc) is 2.22. The maximum atomic E-state index is 11.5. The third-order valence-corrected chi connectivity index (χ3v) is 2.02. The van der Waals surface area contributed by atoms with Gasteiger partial charge in [-0.05, 0) is 19.8 Å². The van der Waals surface area contributed by atoms with Gasteiger partial charge in [-0.3, -0.25) is 14.9 Å². The largest absolute Gasteiger partial charge is 0.355 e. The summed E-state index contributed by atoms with van der Waals surface area (Å²) in [7, 11) is 0. The number of amides is 2. The molecule has 94 valence electrons. The van der Waals surface area contributed by atoms with Gasteiger partial charge in [-0.25, -0.2) is 0 Å². The first kappa shape index (κ1) is 14.9. The molecule has 0 aromatic heterocycles. The second-order valence-electron chi connectivity index (χ2n) is 4.20. The van der Waals surface area contributed by atoms with Crippen molar-refractivity contribution in [2.24, 2.45) is 5.92 Å². The molecule has 0 heterocycles. The van der Waals surface area contributed by atoms with Crippen LogP contribution in [0.1, 0.15) is 27.7 Å². The van der Waals surface area contributed by atoms with Crippen LogP contribution in [0.4, 0.5) is 0 Å². The first-order chi connectivity index (χ1) is 7.47. The van der Waals surface area contributed by atoms with Crippen molar-refractivity contribution in [1.82, 2.24) is 16.0 Å². The zero-order valence-electron chi connectivity index (χ0n) is 10.6. The average molecular weight is 229 g/mol. The molecule has 1 unspecified atom stereocenters. The van der Waals surface area contributed by atoms with Crippen molar-refractivity contribution in [2.45, 2.75) is 33.7 Å². The highest BCUT2D eigenvalue weighted by molar-refractivity contribution is 5.83. The molecule has 5 heteroatoms. The molecule has 0 aliphatic heterocycles. The van der Waals surface area contributed by atoms with Crippen molar-refractivity contribution in [3.05, 3.63) is 0 Å². The van der Waals surface area contributed by atoms with E-state index >= 15 is 0 Å². The molecular weight excluding hydrogens is 206 g/mol. The van der Waals surface area contributed by atoms with Crippen LogP contribution in [-0.4, -0.2) is 37.5 Å². The smallest absolute Gasteiger partial charge is 0.236 e. The normalized spacial score (nSPS) is 12.3. The second-order valence-corrected chi connectivity index (χ2v) is 4.20. The number of likely N-dealkylation sites (N-methyl/N-ethyl adjacent to an activating group) is 1. The van der Waals surface area contributed by atoms with Gasteiger partial charge < -0.3 is 10.6 Å². The monoisotopic (exact) mass is 229 g/mol. The Morgan fingerprint density at radius 3 is 2.25 bits per heavy atom. The zero-order chi connectivity index (χ0) is 12.6. The predicted molar refractivity (Wildman–Crippen MR) is 64.0 cm³/mol. The molecule has 0 bridgehead atoms. The Hall–Kier alpha value is -1.10. The van der Waals surface area contributed by atoms with Crippen molar-refractivity contribution in [1.29, 1.82) is 0 Å². The summed E-state index contributed by atoms with van der Waals surface area (Å²) in [6, 6.07) is -0.346. The van der Waals surface area contributed by atoms with Gasteiger partial charge in [0.1, 0.15) is 0 Å². The van der Waals surface area contributed by atoms with Crippen LogP contribution in [0.2, 0.25) is 0 Å². The summed E-state index contributed by atoms with van der Waals surface area (Å²) >= 11 is 0. The minimum atomic E-state index is -0.346. The molecule has 5 nitrogen and oxygen atoms in total. The minimum Gasteiger partial charge on any atom is -0.355 e. The lowest BCUT2D eigenvalue weighted by atomic mass is 10.2. The molecule has 0 aromatic rings. The van der Waals surface area contributed by atoms with Crippen LogP contribution in [0.5, 0.6) is 0 Å². The molecule has 0 aliphatic rings. The van der Waals surface area contributed by atoms with Crippen molar-refractivity contribution < 1.29 is 9.59 Å². The number of rotatable bonds is 7. The van der Waals surface area contributed by atoms with E-state index in [1.54, 1.807) is 6.92 Å². The van der Waals surface area contributed by atoms with Crippen LogP contribution in [-0.2, 0) is 9.59 Å². The topological polar surface area (TPSA) is 70.2 Å². The van der Waals surface area contributed by atoms with Crippen molar-refractivity contribution in [3.63, 3.8) is 0 Å². The van der Waals surface area contributed by atoms with E-state index in [2.05, 4.69) is 16.0 Å². The molecule has 2 amide bonds. The molecule has 1 atom stereocenters. The van der Waals surface area contributed by atoms with Gasteiger partial charge in [0.2, 0.25) is 11.8 Å². The first-order valence-corrected chi connectivity index (χ1v) is 5.75. The fourth-order valence-electron chi connectivity index (χ4n) is 1.06. The van der Waals surface area contributed by atoms with Gasteiger partial charge >= 0.3 is 0 Å². The Kier molecular flexibility index (Phi) is 7.54. The summed E-state index contributed by atoms with van der Waals surface area (Å²) in [6.45, 7) is 9.11. The summed E-state index contributed by atoms with van der Waals surface area (Å²) in [5.74, 6) is 0.267. The summed E-state index contributed by atoms with van der Waals surface area (Å²) < 4.78 is 0. The van der Waals surface area contributed by atoms with Gasteiger partial charge in [-0.1, -0.05) is 13.8 Å². The quantitative estimate of drug-likeness (QED) is 0.569. The standard InChI is InChI=1S/C11H23N3O2/c1-5-12-10(15)7-13-9(4)11(16)14-6-8(2)3/h8-9,13H,5-7H2,1-4H3,(H,12,15)(H,14,16). The Labute approximate surface area is 97.4 Å². The predicted octanol–water partition coefficient (Wildman–Crippen LogP) is -0.127. The van der Waals surface area contributed by atoms with Gasteiger partial charge in [0.05, 0.1) is 12.6 Å². The van der Waals surface area contributed by atoms with E-state index in [0.29, 0.717) is 19.0 Å². The number of hydrogen-bond acceptors (Lipinski definition) is 3. The van der Waals surface area contributed by atoms with E-state index < -0.39 is 0 Å². The van der Waals surface area contributed by atoms with E-state index in [1.165, 1.54) is 0 Å². The maximum absolute atomic E-state index is 11.5.